The largest absolute Gasteiger partial charge is 0.480 e. The third-order valence-corrected chi connectivity index (χ3v) is 14.7. The van der Waals surface area contributed by atoms with Crippen LogP contribution in [0.2, 0.25) is 0 Å². The molecule has 0 aliphatic carbocycles. The Labute approximate surface area is 490 Å². The van der Waals surface area contributed by atoms with Gasteiger partial charge < -0.3 is 86.3 Å². The molecule has 0 aliphatic heterocycles. The number of guanidine groups is 2. The van der Waals surface area contributed by atoms with Crippen molar-refractivity contribution in [1.82, 2.24) is 57.5 Å². The Hall–Kier alpha value is -8.30. The second-order valence-corrected chi connectivity index (χ2v) is 21.9. The predicted molar refractivity (Wildman–Crippen MR) is 319 cm³/mol. The molecule has 3 aromatic rings. The number of H-pyrrole nitrogens is 2. The van der Waals surface area contributed by atoms with Crippen LogP contribution in [0.1, 0.15) is 125 Å². The fourth-order valence-corrected chi connectivity index (χ4v) is 9.01. The first-order chi connectivity index (χ1) is 39.7. The number of amides is 8. The third kappa shape index (κ3) is 22.8. The number of aliphatic carboxylic acids is 1. The molecule has 0 unspecified atom stereocenters. The number of carbonyl (C=O) groups excluding carboxylic acids is 8. The second-order valence-electron chi connectivity index (χ2n) is 21.9. The smallest absolute Gasteiger partial charge is 0.326 e. The van der Waals surface area contributed by atoms with Gasteiger partial charge in [-0.2, -0.15) is 0 Å². The van der Waals surface area contributed by atoms with Crippen LogP contribution in [0.3, 0.4) is 0 Å². The summed E-state index contributed by atoms with van der Waals surface area (Å²) in [5.74, 6) is -9.02. The van der Waals surface area contributed by atoms with Crippen molar-refractivity contribution >= 4 is 76.0 Å². The van der Waals surface area contributed by atoms with Gasteiger partial charge in [-0.3, -0.25) is 48.3 Å². The molecule has 2 heterocycles. The zero-order chi connectivity index (χ0) is 62.8. The summed E-state index contributed by atoms with van der Waals surface area (Å²) in [6.45, 7) is 16.1. The average molecular weight is 1180 g/mol. The number of aromatic nitrogens is 3. The number of carboxylic acid groups (broad SMARTS) is 1. The van der Waals surface area contributed by atoms with Crippen LogP contribution in [0.25, 0.3) is 10.9 Å². The fraction of sp³-hybridized carbons (Fsp3) is 0.607. The summed E-state index contributed by atoms with van der Waals surface area (Å²) in [5, 5.41) is 32.6. The lowest BCUT2D eigenvalue weighted by atomic mass is 9.95. The van der Waals surface area contributed by atoms with Crippen LogP contribution >= 0.6 is 0 Å². The summed E-state index contributed by atoms with van der Waals surface area (Å²) < 4.78 is 0. The zero-order valence-electron chi connectivity index (χ0n) is 49.9. The van der Waals surface area contributed by atoms with Gasteiger partial charge >= 0.3 is 5.97 Å². The molecule has 0 fully saturated rings. The van der Waals surface area contributed by atoms with Crippen molar-refractivity contribution in [3.8, 4) is 0 Å². The molecule has 12 atom stereocenters. The molecule has 0 spiro atoms. The van der Waals surface area contributed by atoms with E-state index < -0.39 is 119 Å². The molecule has 8 amide bonds. The van der Waals surface area contributed by atoms with E-state index in [0.717, 1.165) is 10.9 Å². The Morgan fingerprint density at radius 3 is 1.56 bits per heavy atom. The number of nitrogens with zero attached hydrogens (tertiary/aromatic N) is 3. The summed E-state index contributed by atoms with van der Waals surface area (Å²) in [6, 6.07) is -3.77. The minimum Gasteiger partial charge on any atom is -0.480 e. The zero-order valence-corrected chi connectivity index (χ0v) is 49.9. The number of carboxylic acids is 1. The minimum atomic E-state index is -1.41. The van der Waals surface area contributed by atoms with Crippen LogP contribution in [0.15, 0.2) is 53.0 Å². The van der Waals surface area contributed by atoms with Gasteiger partial charge in [0.1, 0.15) is 48.3 Å². The molecule has 1 aromatic carbocycles. The van der Waals surface area contributed by atoms with Gasteiger partial charge in [-0.1, -0.05) is 92.9 Å². The van der Waals surface area contributed by atoms with E-state index >= 15 is 0 Å². The summed E-state index contributed by atoms with van der Waals surface area (Å²) in [4.78, 5) is 143. The number of benzene rings is 1. The lowest BCUT2D eigenvalue weighted by Gasteiger charge is -2.31. The Bertz CT molecular complexity index is 2710. The van der Waals surface area contributed by atoms with Crippen LogP contribution in [-0.2, 0) is 56.0 Å². The van der Waals surface area contributed by atoms with Crippen LogP contribution in [-0.4, -0.2) is 153 Å². The van der Waals surface area contributed by atoms with E-state index in [1.807, 2.05) is 58.9 Å². The highest BCUT2D eigenvalue weighted by atomic mass is 16.4. The second kappa shape index (κ2) is 35.0. The average Bonchev–Trinajstić information content (AvgIpc) is 4.34. The number of aliphatic imine (C=N–C) groups is 2. The van der Waals surface area contributed by atoms with Crippen LogP contribution in [0.4, 0.5) is 0 Å². The van der Waals surface area contributed by atoms with Crippen LogP contribution in [0.5, 0.6) is 0 Å². The van der Waals surface area contributed by atoms with Gasteiger partial charge in [0.15, 0.2) is 11.9 Å². The molecule has 28 nitrogen and oxygen atoms in total. The molecule has 466 valence electrons. The van der Waals surface area contributed by atoms with Crippen molar-refractivity contribution in [3.05, 3.63) is 54.2 Å². The molecule has 84 heavy (non-hydrogen) atoms. The molecule has 0 aliphatic rings. The Morgan fingerprint density at radius 2 is 1.04 bits per heavy atom. The number of nitrogens with one attached hydrogen (secondary N) is 10. The van der Waals surface area contributed by atoms with E-state index in [1.165, 1.54) is 19.4 Å². The van der Waals surface area contributed by atoms with E-state index in [9.17, 15) is 48.3 Å². The number of aromatic amines is 2. The molecule has 2 aromatic heterocycles. The van der Waals surface area contributed by atoms with Gasteiger partial charge in [-0.15, -0.1) is 0 Å². The van der Waals surface area contributed by atoms with Crippen molar-refractivity contribution in [1.29, 1.82) is 0 Å². The number of rotatable bonds is 37. The summed E-state index contributed by atoms with van der Waals surface area (Å²) in [6.07, 6.45) is 6.41. The Kier molecular flexibility index (Phi) is 29.1. The Morgan fingerprint density at radius 1 is 0.560 bits per heavy atom. The standard InChI is InChI=1S/C56H92N18O10/c1-10-30(6)43(73-47(76)37(57)18-15-21-63-55(58)59)51(80)67-33(9)46(75)72-44(31(7)11-2)52(81)70-41(24-34-26-65-38-19-14-13-17-36(34)38)50(79)74-45(32(8)12-3)53(82)69-40(23-29(4)5)49(78)68-39(20-16-22-64-56(60)61)48(77)71-42(54(83)84)25-35-27-62-28-66-35/h13-14,17,19,26-33,37,39-45,65H,10-12,15-16,18,20-25,57H2,1-9H3,(H,62,66)(H,67,80)(H,68,78)(H,69,82)(H,70,81)(H,71,77)(H,72,75)(H,73,76)(H,74,79)(H,83,84)(H4,58,59,63)(H4,60,61,64)/t30-,31-,32-,33-,37-,39-,40-,41-,42-,43-,44-,45-/m0/s1. The summed E-state index contributed by atoms with van der Waals surface area (Å²) >= 11 is 0. The number of nitrogens with two attached hydrogens (primary N) is 5. The van der Waals surface area contributed by atoms with E-state index in [-0.39, 0.29) is 75.4 Å². The molecule has 28 heteroatoms. The van der Waals surface area contributed by atoms with Gasteiger partial charge in [-0.05, 0) is 74.3 Å². The minimum absolute atomic E-state index is 0.0271. The predicted octanol–water partition coefficient (Wildman–Crippen LogP) is -0.722. The first-order valence-electron chi connectivity index (χ1n) is 28.8. The lowest BCUT2D eigenvalue weighted by Crippen LogP contribution is -2.62. The molecule has 21 N–H and O–H groups in total. The molecule has 3 rings (SSSR count). The van der Waals surface area contributed by atoms with Gasteiger partial charge in [-0.25, -0.2) is 9.78 Å². The normalized spacial score (nSPS) is 15.6. The van der Waals surface area contributed by atoms with Gasteiger partial charge in [0, 0.05) is 54.9 Å². The number of carbonyl (C=O) groups is 9. The highest BCUT2D eigenvalue weighted by molar-refractivity contribution is 5.98. The van der Waals surface area contributed by atoms with Gasteiger partial charge in [0.05, 0.1) is 12.4 Å². The molecule has 0 radical (unpaired) electrons. The van der Waals surface area contributed by atoms with Crippen molar-refractivity contribution in [2.45, 2.75) is 181 Å². The number of hydrogen-bond acceptors (Lipinski definition) is 13. The van der Waals surface area contributed by atoms with E-state index in [0.29, 0.717) is 36.9 Å². The van der Waals surface area contributed by atoms with E-state index in [4.69, 9.17) is 28.7 Å². The maximum atomic E-state index is 14.9. The number of hydrogen-bond donors (Lipinski definition) is 16. The maximum Gasteiger partial charge on any atom is 0.326 e. The fourth-order valence-electron chi connectivity index (χ4n) is 9.01. The molecule has 0 saturated carbocycles. The van der Waals surface area contributed by atoms with Crippen molar-refractivity contribution < 1.29 is 48.3 Å². The molecular formula is C56H92N18O10. The lowest BCUT2D eigenvalue weighted by molar-refractivity contribution is -0.142. The molecular weight excluding hydrogens is 1080 g/mol. The summed E-state index contributed by atoms with van der Waals surface area (Å²) in [5.41, 5.74) is 29.8. The van der Waals surface area contributed by atoms with Crippen molar-refractivity contribution in [2.24, 2.45) is 62.3 Å². The number of fused-ring (bicyclic) bond motifs is 1. The maximum absolute atomic E-state index is 14.9. The first kappa shape index (κ1) is 70.0. The molecule has 0 saturated heterocycles. The third-order valence-electron chi connectivity index (χ3n) is 14.7. The van der Waals surface area contributed by atoms with Gasteiger partial charge in [0.2, 0.25) is 47.3 Å². The van der Waals surface area contributed by atoms with Gasteiger partial charge in [0.25, 0.3) is 0 Å². The first-order valence-corrected chi connectivity index (χ1v) is 28.8. The van der Waals surface area contributed by atoms with Crippen LogP contribution in [0, 0.1) is 23.7 Å². The SMILES string of the molecule is CC[C@H](C)[C@H](NC(=O)[C@H](C)NC(=O)[C@@H](NC(=O)[C@@H](N)CCCN=C(N)N)[C@@H](C)CC)C(=O)N[C@@H](Cc1c[nH]c2ccccc12)C(=O)N[C@H](C(=O)N[C@@H](CC(C)C)C(=O)N[C@@H](CCCN=C(N)N)C(=O)N[C@@H](Cc1cnc[nH]1)C(=O)O)[C@@H](C)CC. The highest BCUT2D eigenvalue weighted by Gasteiger charge is 2.38. The Balaban J connectivity index is 1.92. The van der Waals surface area contributed by atoms with Crippen molar-refractivity contribution in [3.63, 3.8) is 0 Å². The van der Waals surface area contributed by atoms with E-state index in [1.54, 1.807) is 27.0 Å². The number of imidazole rings is 1. The highest BCUT2D eigenvalue weighted by Crippen LogP contribution is 2.21. The monoisotopic (exact) mass is 1180 g/mol. The quantitative estimate of drug-likeness (QED) is 0.0192. The molecule has 0 bridgehead atoms. The number of para-hydroxylation sites is 1. The summed E-state index contributed by atoms with van der Waals surface area (Å²) in [7, 11) is 0. The topological polar surface area (TPSA) is 469 Å². The van der Waals surface area contributed by atoms with Crippen LogP contribution < -0.4 is 71.2 Å². The van der Waals surface area contributed by atoms with E-state index in [2.05, 4.69) is 67.5 Å². The van der Waals surface area contributed by atoms with Crippen molar-refractivity contribution in [2.75, 3.05) is 13.1 Å².